The van der Waals surface area contributed by atoms with Gasteiger partial charge in [-0.15, -0.1) is 11.3 Å². The number of nitrogens with zero attached hydrogens (tertiary/aromatic N) is 3. The molecule has 6 nitrogen and oxygen atoms in total. The summed E-state index contributed by atoms with van der Waals surface area (Å²) in [4.78, 5) is 32.2. The molecule has 0 radical (unpaired) electrons. The predicted octanol–water partition coefficient (Wildman–Crippen LogP) is 1.88. The average molecular weight is 356 g/mol. The molecule has 2 aromatic heterocycles. The third kappa shape index (κ3) is 3.94. The molecule has 0 saturated carbocycles. The van der Waals surface area contributed by atoms with E-state index in [4.69, 9.17) is 0 Å². The Balaban J connectivity index is 1.68. The number of nitrogens with one attached hydrogen (secondary N) is 1. The lowest BCUT2D eigenvalue weighted by Gasteiger charge is -2.23. The molecule has 1 atom stereocenters. The maximum Gasteiger partial charge on any atom is 0.261 e. The molecular weight excluding hydrogens is 336 g/mol. The molecule has 2 heterocycles. The maximum absolute atomic E-state index is 12.4. The number of hydrogen-bond acceptors (Lipinski definition) is 5. The number of carbonyl (C=O) groups excluding carboxylic acids is 1. The predicted molar refractivity (Wildman–Crippen MR) is 99.8 cm³/mol. The molecule has 0 saturated heterocycles. The quantitative estimate of drug-likeness (QED) is 0.732. The third-order valence-electron chi connectivity index (χ3n) is 4.03. The number of rotatable bonds is 6. The number of thiophene rings is 1. The molecule has 0 aliphatic carbocycles. The van der Waals surface area contributed by atoms with Gasteiger partial charge in [0.15, 0.2) is 0 Å². The van der Waals surface area contributed by atoms with E-state index < -0.39 is 0 Å². The van der Waals surface area contributed by atoms with Crippen LogP contribution in [0.2, 0.25) is 0 Å². The zero-order chi connectivity index (χ0) is 17.8. The second-order valence-electron chi connectivity index (χ2n) is 5.99. The van der Waals surface area contributed by atoms with Crippen molar-refractivity contribution < 1.29 is 4.79 Å². The number of likely N-dealkylation sites (N-methyl/N-ethyl adjacent to an activating group) is 1. The lowest BCUT2D eigenvalue weighted by Crippen LogP contribution is -2.37. The summed E-state index contributed by atoms with van der Waals surface area (Å²) < 4.78 is 1.34. The van der Waals surface area contributed by atoms with Crippen molar-refractivity contribution in [3.63, 3.8) is 0 Å². The molecule has 0 aliphatic heterocycles. The van der Waals surface area contributed by atoms with Crippen LogP contribution in [0.1, 0.15) is 10.9 Å². The number of hydrogen-bond donors (Lipinski definition) is 1. The van der Waals surface area contributed by atoms with Gasteiger partial charge in [-0.2, -0.15) is 0 Å². The summed E-state index contributed by atoms with van der Waals surface area (Å²) in [5.41, 5.74) is 0.428. The highest BCUT2D eigenvalue weighted by Crippen LogP contribution is 2.22. The van der Waals surface area contributed by atoms with E-state index in [-0.39, 0.29) is 24.1 Å². The molecule has 1 N–H and O–H groups in total. The van der Waals surface area contributed by atoms with Crippen molar-refractivity contribution in [1.82, 2.24) is 19.8 Å². The van der Waals surface area contributed by atoms with Crippen LogP contribution in [0.3, 0.4) is 0 Å². The molecule has 0 bridgehead atoms. The molecule has 0 fully saturated rings. The molecule has 3 aromatic rings. The average Bonchev–Trinajstić information content (AvgIpc) is 3.12. The lowest BCUT2D eigenvalue weighted by atomic mass is 10.2. The molecule has 1 amide bonds. The maximum atomic E-state index is 12.4. The fourth-order valence-corrected chi connectivity index (χ4v) is 3.58. The fourth-order valence-electron chi connectivity index (χ4n) is 2.66. The number of aromatic nitrogens is 2. The second-order valence-corrected chi connectivity index (χ2v) is 6.97. The monoisotopic (exact) mass is 356 g/mol. The minimum absolute atomic E-state index is 0.0404. The van der Waals surface area contributed by atoms with E-state index in [1.54, 1.807) is 29.5 Å². The zero-order valence-corrected chi connectivity index (χ0v) is 15.0. The van der Waals surface area contributed by atoms with Gasteiger partial charge in [0.05, 0.1) is 23.3 Å². The highest BCUT2D eigenvalue weighted by molar-refractivity contribution is 7.10. The zero-order valence-electron chi connectivity index (χ0n) is 14.2. The van der Waals surface area contributed by atoms with Crippen LogP contribution in [0.4, 0.5) is 0 Å². The summed E-state index contributed by atoms with van der Waals surface area (Å²) in [5, 5.41) is 5.45. The van der Waals surface area contributed by atoms with Crippen LogP contribution in [0.25, 0.3) is 10.9 Å². The summed E-state index contributed by atoms with van der Waals surface area (Å²) >= 11 is 1.66. The number of fused-ring (bicyclic) bond motifs is 1. The van der Waals surface area contributed by atoms with Gasteiger partial charge in [-0.1, -0.05) is 18.2 Å². The SMILES string of the molecule is CN(C)[C@H](CNC(=O)Cn1cnc2ccccc2c1=O)c1cccs1. The molecule has 7 heteroatoms. The molecule has 25 heavy (non-hydrogen) atoms. The van der Waals surface area contributed by atoms with E-state index in [0.29, 0.717) is 17.4 Å². The van der Waals surface area contributed by atoms with Gasteiger partial charge in [0.2, 0.25) is 5.91 Å². The van der Waals surface area contributed by atoms with Crippen LogP contribution in [0.15, 0.2) is 52.9 Å². The minimum Gasteiger partial charge on any atom is -0.353 e. The van der Waals surface area contributed by atoms with Crippen LogP contribution >= 0.6 is 11.3 Å². The van der Waals surface area contributed by atoms with Crippen molar-refractivity contribution >= 4 is 28.1 Å². The summed E-state index contributed by atoms with van der Waals surface area (Å²) in [6.45, 7) is 0.448. The normalized spacial score (nSPS) is 12.4. The van der Waals surface area contributed by atoms with Gasteiger partial charge in [-0.05, 0) is 37.7 Å². The van der Waals surface area contributed by atoms with E-state index >= 15 is 0 Å². The van der Waals surface area contributed by atoms with Crippen molar-refractivity contribution in [3.8, 4) is 0 Å². The minimum atomic E-state index is -0.206. The molecular formula is C18H20N4O2S. The van der Waals surface area contributed by atoms with Crippen LogP contribution in [-0.4, -0.2) is 41.0 Å². The van der Waals surface area contributed by atoms with E-state index in [1.807, 2.05) is 31.6 Å². The van der Waals surface area contributed by atoms with Crippen molar-refractivity contribution in [2.75, 3.05) is 20.6 Å². The van der Waals surface area contributed by atoms with E-state index in [9.17, 15) is 9.59 Å². The summed E-state index contributed by atoms with van der Waals surface area (Å²) in [5.74, 6) is -0.206. The van der Waals surface area contributed by atoms with Gasteiger partial charge in [0.1, 0.15) is 6.54 Å². The third-order valence-corrected chi connectivity index (χ3v) is 5.01. The summed E-state index contributed by atoms with van der Waals surface area (Å²) in [6, 6.07) is 11.3. The smallest absolute Gasteiger partial charge is 0.261 e. The van der Waals surface area contributed by atoms with Crippen LogP contribution < -0.4 is 10.9 Å². The first-order valence-electron chi connectivity index (χ1n) is 7.97. The molecule has 3 rings (SSSR count). The molecule has 1 aromatic carbocycles. The number of para-hydroxylation sites is 1. The topological polar surface area (TPSA) is 67.2 Å². The summed E-state index contributed by atoms with van der Waals surface area (Å²) in [7, 11) is 3.96. The fraction of sp³-hybridized carbons (Fsp3) is 0.278. The van der Waals surface area contributed by atoms with Crippen LogP contribution in [0, 0.1) is 0 Å². The Kier molecular flexibility index (Phi) is 5.25. The van der Waals surface area contributed by atoms with Gasteiger partial charge in [0, 0.05) is 11.4 Å². The van der Waals surface area contributed by atoms with Crippen molar-refractivity contribution in [1.29, 1.82) is 0 Å². The number of benzene rings is 1. The Hall–Kier alpha value is -2.51. The van der Waals surface area contributed by atoms with Crippen molar-refractivity contribution in [2.24, 2.45) is 0 Å². The largest absolute Gasteiger partial charge is 0.353 e. The highest BCUT2D eigenvalue weighted by atomic mass is 32.1. The van der Waals surface area contributed by atoms with Gasteiger partial charge in [-0.3, -0.25) is 14.2 Å². The standard InChI is InChI=1S/C18H20N4O2S/c1-21(2)15(16-8-5-9-25-16)10-19-17(23)11-22-12-20-14-7-4-3-6-13(14)18(22)24/h3-9,12,15H,10-11H2,1-2H3,(H,19,23)/t15-/m1/s1. The molecule has 0 aliphatic rings. The van der Waals surface area contributed by atoms with Crippen molar-refractivity contribution in [2.45, 2.75) is 12.6 Å². The molecule has 0 unspecified atom stereocenters. The van der Waals surface area contributed by atoms with Crippen LogP contribution in [-0.2, 0) is 11.3 Å². The number of carbonyl (C=O) groups is 1. The Labute approximate surface area is 149 Å². The van der Waals surface area contributed by atoms with Gasteiger partial charge >= 0.3 is 0 Å². The van der Waals surface area contributed by atoms with Gasteiger partial charge in [0.25, 0.3) is 5.56 Å². The van der Waals surface area contributed by atoms with Gasteiger partial charge in [-0.25, -0.2) is 4.98 Å². The second kappa shape index (κ2) is 7.58. The first-order valence-corrected chi connectivity index (χ1v) is 8.85. The molecule has 0 spiro atoms. The van der Waals surface area contributed by atoms with E-state index in [2.05, 4.69) is 21.3 Å². The van der Waals surface area contributed by atoms with E-state index in [1.165, 1.54) is 15.8 Å². The van der Waals surface area contributed by atoms with Crippen LogP contribution in [0.5, 0.6) is 0 Å². The first kappa shape index (κ1) is 17.3. The first-order chi connectivity index (χ1) is 12.1. The Morgan fingerprint density at radius 1 is 1.28 bits per heavy atom. The Bertz CT molecular complexity index is 918. The lowest BCUT2D eigenvalue weighted by molar-refractivity contribution is -0.121. The Morgan fingerprint density at radius 2 is 2.08 bits per heavy atom. The van der Waals surface area contributed by atoms with E-state index in [0.717, 1.165) is 0 Å². The Morgan fingerprint density at radius 3 is 2.80 bits per heavy atom. The van der Waals surface area contributed by atoms with Crippen molar-refractivity contribution in [3.05, 3.63) is 63.3 Å². The highest BCUT2D eigenvalue weighted by Gasteiger charge is 2.16. The summed E-state index contributed by atoms with van der Waals surface area (Å²) in [6.07, 6.45) is 1.42. The van der Waals surface area contributed by atoms with Gasteiger partial charge < -0.3 is 10.2 Å². The number of amides is 1. The molecule has 130 valence electrons.